The number of hydrogen-bond acceptors (Lipinski definition) is 1. The molecule has 0 fully saturated rings. The van der Waals surface area contributed by atoms with Crippen LogP contribution in [0.5, 0.6) is 0 Å². The fourth-order valence-corrected chi connectivity index (χ4v) is 0.519. The molecule has 1 aromatic heterocycles. The van der Waals surface area contributed by atoms with Crippen molar-refractivity contribution in [2.24, 2.45) is 0 Å². The molecule has 0 unspecified atom stereocenters. The van der Waals surface area contributed by atoms with Gasteiger partial charge in [-0.25, -0.2) is 0 Å². The van der Waals surface area contributed by atoms with E-state index in [-0.39, 0.29) is 0 Å². The van der Waals surface area contributed by atoms with Gasteiger partial charge in [0.25, 0.3) is 0 Å². The van der Waals surface area contributed by atoms with Crippen molar-refractivity contribution in [3.8, 4) is 0 Å². The Labute approximate surface area is 50.2 Å². The minimum absolute atomic E-state index is 0.600. The van der Waals surface area contributed by atoms with Crippen molar-refractivity contribution in [1.29, 1.82) is 0 Å². The monoisotopic (exact) mass is 103 g/mol. The second kappa shape index (κ2) is 2.50. The molecule has 0 bridgehead atoms. The van der Waals surface area contributed by atoms with Crippen LogP contribution in [0, 0.1) is 0 Å². The Bertz CT molecular complexity index is 150. The zero-order valence-corrected chi connectivity index (χ0v) is 4.54. The maximum absolute atomic E-state index is 5.32. The third-order valence-corrected chi connectivity index (χ3v) is 0.985. The minimum Gasteiger partial charge on any atom is -0.265 e. The van der Waals surface area contributed by atoms with E-state index in [0.29, 0.717) is 6.32 Å². The highest BCUT2D eigenvalue weighted by Crippen LogP contribution is 1.92. The van der Waals surface area contributed by atoms with Crippen LogP contribution >= 0.6 is 0 Å². The number of nitrogens with zero attached hydrogens (tertiary/aromatic N) is 1. The van der Waals surface area contributed by atoms with Gasteiger partial charge in [0, 0.05) is 12.4 Å². The highest BCUT2D eigenvalue weighted by molar-refractivity contribution is 6.08. The molecule has 1 nitrogen and oxygen atoms in total. The van der Waals surface area contributed by atoms with Crippen molar-refractivity contribution < 1.29 is 0 Å². The first-order valence-electron chi connectivity index (χ1n) is 2.52. The summed E-state index contributed by atoms with van der Waals surface area (Å²) in [4.78, 5) is 3.84. The Kier molecular flexibility index (Phi) is 1.68. The molecule has 0 N–H and O–H groups in total. The van der Waals surface area contributed by atoms with Gasteiger partial charge in [-0.1, -0.05) is 11.9 Å². The lowest BCUT2D eigenvalue weighted by Crippen LogP contribution is -1.81. The van der Waals surface area contributed by atoms with Crippen LogP contribution in [0.2, 0.25) is 0 Å². The van der Waals surface area contributed by atoms with Gasteiger partial charge in [-0.2, -0.15) is 0 Å². The number of rotatable bonds is 1. The summed E-state index contributed by atoms with van der Waals surface area (Å²) in [5.74, 6) is 0. The van der Waals surface area contributed by atoms with E-state index >= 15 is 0 Å². The molecule has 8 heavy (non-hydrogen) atoms. The Morgan fingerprint density at radius 1 is 1.38 bits per heavy atom. The first kappa shape index (κ1) is 5.35. The van der Waals surface area contributed by atoms with E-state index in [4.69, 9.17) is 7.85 Å². The molecule has 1 aromatic rings. The van der Waals surface area contributed by atoms with Crippen molar-refractivity contribution in [3.63, 3.8) is 0 Å². The third-order valence-electron chi connectivity index (χ3n) is 0.985. The number of hydrogen-bond donors (Lipinski definition) is 0. The molecular weight excluding hydrogens is 96.9 g/mol. The molecule has 0 aromatic carbocycles. The number of aromatic nitrogens is 1. The van der Waals surface area contributed by atoms with Crippen molar-refractivity contribution in [2.75, 3.05) is 0 Å². The summed E-state index contributed by atoms with van der Waals surface area (Å²) >= 11 is 0. The van der Waals surface area contributed by atoms with Crippen LogP contribution in [0.25, 0.3) is 0 Å². The lowest BCUT2D eigenvalue weighted by molar-refractivity contribution is 1.27. The largest absolute Gasteiger partial charge is 0.265 e. The summed E-state index contributed by atoms with van der Waals surface area (Å²) in [6.07, 6.45) is 4.08. The zero-order chi connectivity index (χ0) is 5.82. The average Bonchev–Trinajstić information content (AvgIpc) is 1.90. The lowest BCUT2D eigenvalue weighted by Gasteiger charge is -1.89. The molecule has 1 heterocycles. The van der Waals surface area contributed by atoms with E-state index in [1.807, 2.05) is 12.1 Å². The Hall–Kier alpha value is -0.785. The fourth-order valence-electron chi connectivity index (χ4n) is 0.519. The molecule has 0 aliphatic heterocycles. The predicted octanol–water partition coefficient (Wildman–Crippen LogP) is 0.750. The molecule has 1 rings (SSSR count). The summed E-state index contributed by atoms with van der Waals surface area (Å²) in [5.41, 5.74) is 1.13. The maximum atomic E-state index is 5.32. The van der Waals surface area contributed by atoms with Crippen LogP contribution < -0.4 is 0 Å². The van der Waals surface area contributed by atoms with Gasteiger partial charge in [-0.05, 0) is 12.1 Å². The van der Waals surface area contributed by atoms with E-state index in [1.54, 1.807) is 12.4 Å². The Balaban J connectivity index is 2.83. The van der Waals surface area contributed by atoms with Crippen LogP contribution in [-0.4, -0.2) is 12.8 Å². The SMILES string of the molecule is [B]Cc1ccncc1. The summed E-state index contributed by atoms with van der Waals surface area (Å²) in [6, 6.07) is 3.81. The first-order valence-corrected chi connectivity index (χ1v) is 2.52. The Morgan fingerprint density at radius 2 is 2.00 bits per heavy atom. The molecule has 0 spiro atoms. The molecule has 0 saturated heterocycles. The molecule has 38 valence electrons. The van der Waals surface area contributed by atoms with Gasteiger partial charge in [0.05, 0.1) is 7.85 Å². The normalized spacial score (nSPS) is 9.00. The Morgan fingerprint density at radius 3 is 2.38 bits per heavy atom. The molecule has 0 amide bonds. The standard InChI is InChI=1S/C6H6BN/c7-5-6-1-3-8-4-2-6/h1-4H,5H2. The molecule has 0 saturated carbocycles. The van der Waals surface area contributed by atoms with Crippen LogP contribution in [-0.2, 0) is 6.32 Å². The fraction of sp³-hybridized carbons (Fsp3) is 0.167. The van der Waals surface area contributed by atoms with E-state index in [2.05, 4.69) is 4.98 Å². The van der Waals surface area contributed by atoms with Gasteiger partial charge in [0.1, 0.15) is 0 Å². The van der Waals surface area contributed by atoms with Crippen molar-refractivity contribution >= 4 is 7.85 Å². The van der Waals surface area contributed by atoms with Gasteiger partial charge in [-0.15, -0.1) is 0 Å². The van der Waals surface area contributed by atoms with Crippen LogP contribution in [0.4, 0.5) is 0 Å². The second-order valence-electron chi connectivity index (χ2n) is 1.56. The number of pyridine rings is 1. The van der Waals surface area contributed by atoms with Crippen molar-refractivity contribution in [2.45, 2.75) is 6.32 Å². The van der Waals surface area contributed by atoms with Crippen LogP contribution in [0.1, 0.15) is 5.56 Å². The predicted molar refractivity (Wildman–Crippen MR) is 33.7 cm³/mol. The van der Waals surface area contributed by atoms with Crippen molar-refractivity contribution in [1.82, 2.24) is 4.98 Å². The molecule has 2 heteroatoms. The quantitative estimate of drug-likeness (QED) is 0.478. The van der Waals surface area contributed by atoms with Gasteiger partial charge in [0.2, 0.25) is 0 Å². The summed E-state index contributed by atoms with van der Waals surface area (Å²) < 4.78 is 0. The van der Waals surface area contributed by atoms with Gasteiger partial charge >= 0.3 is 0 Å². The highest BCUT2D eigenvalue weighted by atomic mass is 14.6. The third kappa shape index (κ3) is 1.09. The van der Waals surface area contributed by atoms with E-state index < -0.39 is 0 Å². The summed E-state index contributed by atoms with van der Waals surface area (Å²) in [6.45, 7) is 0. The van der Waals surface area contributed by atoms with Crippen LogP contribution in [0.3, 0.4) is 0 Å². The lowest BCUT2D eigenvalue weighted by atomic mass is 9.98. The zero-order valence-electron chi connectivity index (χ0n) is 4.54. The molecular formula is C6H6BN. The van der Waals surface area contributed by atoms with E-state index in [9.17, 15) is 0 Å². The van der Waals surface area contributed by atoms with E-state index in [0.717, 1.165) is 5.56 Å². The van der Waals surface area contributed by atoms with Crippen LogP contribution in [0.15, 0.2) is 24.5 Å². The highest BCUT2D eigenvalue weighted by Gasteiger charge is 1.80. The van der Waals surface area contributed by atoms with E-state index in [1.165, 1.54) is 0 Å². The molecule has 0 atom stereocenters. The van der Waals surface area contributed by atoms with Gasteiger partial charge in [-0.3, -0.25) is 4.98 Å². The average molecular weight is 103 g/mol. The smallest absolute Gasteiger partial charge is 0.0716 e. The molecule has 0 aliphatic rings. The maximum Gasteiger partial charge on any atom is 0.0716 e. The first-order chi connectivity index (χ1) is 3.93. The molecule has 2 radical (unpaired) electrons. The second-order valence-corrected chi connectivity index (χ2v) is 1.56. The summed E-state index contributed by atoms with van der Waals surface area (Å²) in [7, 11) is 5.32. The van der Waals surface area contributed by atoms with Gasteiger partial charge in [0.15, 0.2) is 0 Å². The molecule has 0 aliphatic carbocycles. The minimum atomic E-state index is 0.600. The summed E-state index contributed by atoms with van der Waals surface area (Å²) in [5, 5.41) is 0. The van der Waals surface area contributed by atoms with Crippen molar-refractivity contribution in [3.05, 3.63) is 30.1 Å². The van der Waals surface area contributed by atoms with Gasteiger partial charge < -0.3 is 0 Å². The topological polar surface area (TPSA) is 12.9 Å².